The van der Waals surface area contributed by atoms with Crippen LogP contribution < -0.4 is 10.6 Å². The standard InChI is InChI=1S/C16H20FN3O/c1-16(2,12-4-3-7-19-10-12)15(21)20-14-6-5-13(17)8-11(14)9-18/h5-6,8,12,19H,3-4,7,10H2,1-2H3,(H,20,21). The number of nitrogens with one attached hydrogen (secondary N) is 2. The quantitative estimate of drug-likeness (QED) is 0.899. The van der Waals surface area contributed by atoms with Crippen molar-refractivity contribution in [3.8, 4) is 6.07 Å². The van der Waals surface area contributed by atoms with E-state index in [0.717, 1.165) is 32.0 Å². The Bertz CT molecular complexity index is 571. The molecule has 1 saturated heterocycles. The van der Waals surface area contributed by atoms with Gasteiger partial charge in [0.15, 0.2) is 0 Å². The van der Waals surface area contributed by atoms with Gasteiger partial charge in [-0.25, -0.2) is 4.39 Å². The Hall–Kier alpha value is -1.93. The Kier molecular flexibility index (Phi) is 4.59. The molecule has 0 spiro atoms. The number of hydrogen-bond acceptors (Lipinski definition) is 3. The van der Waals surface area contributed by atoms with E-state index in [9.17, 15) is 9.18 Å². The van der Waals surface area contributed by atoms with Crippen molar-refractivity contribution in [2.45, 2.75) is 26.7 Å². The molecule has 1 fully saturated rings. The van der Waals surface area contributed by atoms with Crippen LogP contribution in [0.3, 0.4) is 0 Å². The number of benzene rings is 1. The fourth-order valence-corrected chi connectivity index (χ4v) is 2.65. The fourth-order valence-electron chi connectivity index (χ4n) is 2.65. The van der Waals surface area contributed by atoms with E-state index in [-0.39, 0.29) is 17.4 Å². The lowest BCUT2D eigenvalue weighted by Gasteiger charge is -2.36. The molecule has 5 heteroatoms. The molecule has 21 heavy (non-hydrogen) atoms. The molecule has 2 N–H and O–H groups in total. The molecule has 1 amide bonds. The van der Waals surface area contributed by atoms with E-state index in [0.29, 0.717) is 5.69 Å². The summed E-state index contributed by atoms with van der Waals surface area (Å²) < 4.78 is 13.1. The van der Waals surface area contributed by atoms with Crippen molar-refractivity contribution in [3.63, 3.8) is 0 Å². The van der Waals surface area contributed by atoms with E-state index in [4.69, 9.17) is 5.26 Å². The average Bonchev–Trinajstić information content (AvgIpc) is 2.49. The van der Waals surface area contributed by atoms with E-state index >= 15 is 0 Å². The van der Waals surface area contributed by atoms with Crippen LogP contribution in [0.4, 0.5) is 10.1 Å². The average molecular weight is 289 g/mol. The number of hydrogen-bond donors (Lipinski definition) is 2. The highest BCUT2D eigenvalue weighted by Gasteiger charge is 2.37. The number of nitrogens with zero attached hydrogens (tertiary/aromatic N) is 1. The molecule has 0 aromatic heterocycles. The molecule has 1 aromatic carbocycles. The summed E-state index contributed by atoms with van der Waals surface area (Å²) in [4.78, 5) is 12.5. The molecule has 0 bridgehead atoms. The third-order valence-electron chi connectivity index (χ3n) is 4.25. The molecule has 1 atom stereocenters. The first-order valence-electron chi connectivity index (χ1n) is 7.17. The van der Waals surface area contributed by atoms with Gasteiger partial charge in [-0.2, -0.15) is 5.26 Å². The molecule has 4 nitrogen and oxygen atoms in total. The molecular weight excluding hydrogens is 269 g/mol. The van der Waals surface area contributed by atoms with Gasteiger partial charge in [0.2, 0.25) is 5.91 Å². The smallest absolute Gasteiger partial charge is 0.230 e. The summed E-state index contributed by atoms with van der Waals surface area (Å²) in [5, 5.41) is 15.1. The van der Waals surface area contributed by atoms with Crippen molar-refractivity contribution in [1.29, 1.82) is 5.26 Å². The summed E-state index contributed by atoms with van der Waals surface area (Å²) in [6.45, 7) is 5.63. The predicted octanol–water partition coefficient (Wildman–Crippen LogP) is 2.66. The van der Waals surface area contributed by atoms with E-state index in [1.165, 1.54) is 12.1 Å². The van der Waals surface area contributed by atoms with Crippen molar-refractivity contribution in [1.82, 2.24) is 5.32 Å². The molecule has 0 saturated carbocycles. The van der Waals surface area contributed by atoms with E-state index in [2.05, 4.69) is 10.6 Å². The highest BCUT2D eigenvalue weighted by Crippen LogP contribution is 2.33. The van der Waals surface area contributed by atoms with Crippen LogP contribution in [-0.4, -0.2) is 19.0 Å². The Morgan fingerprint density at radius 1 is 1.52 bits per heavy atom. The highest BCUT2D eigenvalue weighted by molar-refractivity contribution is 5.96. The van der Waals surface area contributed by atoms with Crippen molar-refractivity contribution in [2.24, 2.45) is 11.3 Å². The minimum atomic E-state index is -0.547. The van der Waals surface area contributed by atoms with Gasteiger partial charge in [0.1, 0.15) is 11.9 Å². The summed E-state index contributed by atoms with van der Waals surface area (Å²) in [5.41, 5.74) is -0.0456. The third-order valence-corrected chi connectivity index (χ3v) is 4.25. The first-order chi connectivity index (χ1) is 9.95. The van der Waals surface area contributed by atoms with Gasteiger partial charge in [-0.3, -0.25) is 4.79 Å². The molecule has 1 heterocycles. The summed E-state index contributed by atoms with van der Waals surface area (Å²) in [7, 11) is 0. The number of nitriles is 1. The first-order valence-corrected chi connectivity index (χ1v) is 7.17. The Labute approximate surface area is 124 Å². The molecule has 0 radical (unpaired) electrons. The largest absolute Gasteiger partial charge is 0.324 e. The number of amides is 1. The number of carbonyl (C=O) groups excluding carboxylic acids is 1. The first kappa shape index (κ1) is 15.5. The topological polar surface area (TPSA) is 64.9 Å². The van der Waals surface area contributed by atoms with Crippen LogP contribution in [0, 0.1) is 28.5 Å². The van der Waals surface area contributed by atoms with Gasteiger partial charge >= 0.3 is 0 Å². The van der Waals surface area contributed by atoms with Crippen molar-refractivity contribution in [2.75, 3.05) is 18.4 Å². The zero-order valence-corrected chi connectivity index (χ0v) is 12.4. The number of anilines is 1. The molecule has 1 aliphatic heterocycles. The Balaban J connectivity index is 2.15. The number of carbonyl (C=O) groups is 1. The second-order valence-electron chi connectivity index (χ2n) is 6.02. The van der Waals surface area contributed by atoms with Crippen LogP contribution in [0.1, 0.15) is 32.3 Å². The fraction of sp³-hybridized carbons (Fsp3) is 0.500. The number of halogens is 1. The second kappa shape index (κ2) is 6.23. The van der Waals surface area contributed by atoms with Gasteiger partial charge in [0, 0.05) is 5.41 Å². The minimum Gasteiger partial charge on any atom is -0.324 e. The van der Waals surface area contributed by atoms with Crippen LogP contribution in [0.2, 0.25) is 0 Å². The molecule has 1 aromatic rings. The molecule has 112 valence electrons. The monoisotopic (exact) mass is 289 g/mol. The van der Waals surface area contributed by atoms with E-state index in [1.807, 2.05) is 19.9 Å². The summed E-state index contributed by atoms with van der Waals surface area (Å²) >= 11 is 0. The van der Waals surface area contributed by atoms with Gasteiger partial charge in [-0.1, -0.05) is 13.8 Å². The van der Waals surface area contributed by atoms with Crippen molar-refractivity contribution in [3.05, 3.63) is 29.6 Å². The zero-order valence-electron chi connectivity index (χ0n) is 12.4. The van der Waals surface area contributed by atoms with Crippen LogP contribution >= 0.6 is 0 Å². The summed E-state index contributed by atoms with van der Waals surface area (Å²) in [6, 6.07) is 5.71. The Morgan fingerprint density at radius 2 is 2.29 bits per heavy atom. The lowest BCUT2D eigenvalue weighted by atomic mass is 9.74. The van der Waals surface area contributed by atoms with Crippen molar-refractivity contribution < 1.29 is 9.18 Å². The second-order valence-corrected chi connectivity index (χ2v) is 6.02. The maximum absolute atomic E-state index is 13.1. The maximum Gasteiger partial charge on any atom is 0.230 e. The summed E-state index contributed by atoms with van der Waals surface area (Å²) in [5.74, 6) is -0.378. The number of piperidine rings is 1. The Morgan fingerprint density at radius 3 is 2.90 bits per heavy atom. The zero-order chi connectivity index (χ0) is 15.5. The normalized spacial score (nSPS) is 18.9. The minimum absolute atomic E-state index is 0.140. The lowest BCUT2D eigenvalue weighted by Crippen LogP contribution is -2.44. The molecule has 1 aliphatic rings. The SMILES string of the molecule is CC(C)(C(=O)Nc1ccc(F)cc1C#N)C1CCCNC1. The molecule has 1 unspecified atom stereocenters. The summed E-state index contributed by atoms with van der Waals surface area (Å²) in [6.07, 6.45) is 2.06. The van der Waals surface area contributed by atoms with Gasteiger partial charge < -0.3 is 10.6 Å². The van der Waals surface area contributed by atoms with Crippen LogP contribution in [0.15, 0.2) is 18.2 Å². The predicted molar refractivity (Wildman–Crippen MR) is 79.1 cm³/mol. The number of rotatable bonds is 3. The lowest BCUT2D eigenvalue weighted by molar-refractivity contribution is -0.127. The third kappa shape index (κ3) is 3.40. The van der Waals surface area contributed by atoms with Gasteiger partial charge in [-0.05, 0) is 50.0 Å². The van der Waals surface area contributed by atoms with E-state index in [1.54, 1.807) is 0 Å². The maximum atomic E-state index is 13.1. The van der Waals surface area contributed by atoms with E-state index < -0.39 is 11.2 Å². The van der Waals surface area contributed by atoms with Gasteiger partial charge in [-0.15, -0.1) is 0 Å². The van der Waals surface area contributed by atoms with Crippen LogP contribution in [0.25, 0.3) is 0 Å². The van der Waals surface area contributed by atoms with Crippen LogP contribution in [-0.2, 0) is 4.79 Å². The molecule has 0 aliphatic carbocycles. The van der Waals surface area contributed by atoms with Gasteiger partial charge in [0.05, 0.1) is 11.3 Å². The van der Waals surface area contributed by atoms with Crippen molar-refractivity contribution >= 4 is 11.6 Å². The van der Waals surface area contributed by atoms with Gasteiger partial charge in [0.25, 0.3) is 0 Å². The highest BCUT2D eigenvalue weighted by atomic mass is 19.1. The van der Waals surface area contributed by atoms with Crippen LogP contribution in [0.5, 0.6) is 0 Å². The molecular formula is C16H20FN3O. The molecule has 2 rings (SSSR count).